The smallest absolute Gasteiger partial charge is 0.432 e. The van der Waals surface area contributed by atoms with Crippen LogP contribution in [0.1, 0.15) is 27.5 Å². The third-order valence-electron chi connectivity index (χ3n) is 5.32. The van der Waals surface area contributed by atoms with E-state index in [0.717, 1.165) is 10.6 Å². The van der Waals surface area contributed by atoms with Crippen molar-refractivity contribution in [2.75, 3.05) is 0 Å². The molecule has 0 aliphatic carbocycles. The summed E-state index contributed by atoms with van der Waals surface area (Å²) in [6.45, 7) is -0.203. The lowest BCUT2D eigenvalue weighted by Gasteiger charge is -2.14. The van der Waals surface area contributed by atoms with Gasteiger partial charge in [0.1, 0.15) is 11.4 Å². The van der Waals surface area contributed by atoms with Gasteiger partial charge in [0.05, 0.1) is 11.1 Å². The van der Waals surface area contributed by atoms with Crippen molar-refractivity contribution < 1.29 is 27.5 Å². The molecule has 0 aliphatic heterocycles. The highest BCUT2D eigenvalue weighted by molar-refractivity contribution is 6.30. The molecule has 0 spiro atoms. The van der Waals surface area contributed by atoms with E-state index in [9.17, 15) is 23.1 Å². The summed E-state index contributed by atoms with van der Waals surface area (Å²) in [5.74, 6) is -2.11. The number of aromatic hydroxyl groups is 1. The number of rotatable bonds is 5. The van der Waals surface area contributed by atoms with Crippen molar-refractivity contribution >= 4 is 28.3 Å². The molecule has 0 saturated heterocycles. The van der Waals surface area contributed by atoms with E-state index in [1.165, 1.54) is 24.5 Å². The Morgan fingerprint density at radius 1 is 1.09 bits per heavy atom. The van der Waals surface area contributed by atoms with Crippen LogP contribution in [0.3, 0.4) is 0 Å². The fourth-order valence-corrected chi connectivity index (χ4v) is 3.96. The molecule has 7 nitrogen and oxygen atoms in total. The molecular formula is C24H14ClF3N4O3. The number of carbonyl (C=O) groups is 1. The zero-order valence-corrected chi connectivity index (χ0v) is 18.4. The first-order valence-electron chi connectivity index (χ1n) is 10.2. The largest absolute Gasteiger partial charge is 0.508 e. The molecule has 3 heterocycles. The van der Waals surface area contributed by atoms with Crippen LogP contribution in [-0.2, 0) is 12.7 Å². The van der Waals surface area contributed by atoms with Gasteiger partial charge in [-0.2, -0.15) is 13.2 Å². The van der Waals surface area contributed by atoms with E-state index in [2.05, 4.69) is 15.2 Å². The third-order valence-corrected chi connectivity index (χ3v) is 5.58. The Morgan fingerprint density at radius 2 is 1.86 bits per heavy atom. The second-order valence-corrected chi connectivity index (χ2v) is 8.06. The average molecular weight is 499 g/mol. The van der Waals surface area contributed by atoms with E-state index in [0.29, 0.717) is 16.1 Å². The molecule has 0 radical (unpaired) electrons. The molecule has 0 saturated carbocycles. The summed E-state index contributed by atoms with van der Waals surface area (Å²) < 4.78 is 49.7. The minimum atomic E-state index is -4.92. The maximum Gasteiger partial charge on any atom is 0.432 e. The van der Waals surface area contributed by atoms with Gasteiger partial charge in [-0.15, -0.1) is 10.2 Å². The zero-order valence-electron chi connectivity index (χ0n) is 17.6. The summed E-state index contributed by atoms with van der Waals surface area (Å²) in [7, 11) is 0. The number of carbonyl (C=O) groups excluding carboxylic acids is 1. The minimum Gasteiger partial charge on any atom is -0.508 e. The fraction of sp³-hybridized carbons (Fsp3) is 0.0833. The van der Waals surface area contributed by atoms with Gasteiger partial charge in [0.25, 0.3) is 11.7 Å². The number of benzene rings is 2. The number of alkyl halides is 3. The van der Waals surface area contributed by atoms with Crippen molar-refractivity contribution in [1.82, 2.24) is 19.7 Å². The maximum absolute atomic E-state index is 14.4. The lowest BCUT2D eigenvalue weighted by atomic mass is 10.1. The molecule has 35 heavy (non-hydrogen) atoms. The van der Waals surface area contributed by atoms with Crippen molar-refractivity contribution in [3.05, 3.63) is 94.7 Å². The van der Waals surface area contributed by atoms with Crippen molar-refractivity contribution in [2.45, 2.75) is 12.7 Å². The lowest BCUT2D eigenvalue weighted by molar-refractivity contribution is -0.143. The summed E-state index contributed by atoms with van der Waals surface area (Å²) in [6.07, 6.45) is -1.99. The van der Waals surface area contributed by atoms with Crippen molar-refractivity contribution in [1.29, 1.82) is 0 Å². The van der Waals surface area contributed by atoms with Crippen LogP contribution < -0.4 is 0 Å². The number of aromatic nitrogens is 4. The van der Waals surface area contributed by atoms with Gasteiger partial charge < -0.3 is 14.1 Å². The number of fused-ring (bicyclic) bond motifs is 1. The van der Waals surface area contributed by atoms with Crippen LogP contribution in [0.25, 0.3) is 22.4 Å². The van der Waals surface area contributed by atoms with Gasteiger partial charge in [-0.3, -0.25) is 9.78 Å². The summed E-state index contributed by atoms with van der Waals surface area (Å²) in [6, 6.07) is 13.2. The molecule has 5 rings (SSSR count). The topological polar surface area (TPSA) is 94.0 Å². The molecule has 1 N–H and O–H groups in total. The van der Waals surface area contributed by atoms with Gasteiger partial charge in [-0.25, -0.2) is 0 Å². The van der Waals surface area contributed by atoms with E-state index in [1.807, 2.05) is 0 Å². The normalized spacial score (nSPS) is 11.8. The highest BCUT2D eigenvalue weighted by Gasteiger charge is 2.42. The number of pyridine rings is 1. The number of hydrogen-bond donors (Lipinski definition) is 1. The molecule has 176 valence electrons. The second-order valence-electron chi connectivity index (χ2n) is 7.62. The first-order chi connectivity index (χ1) is 16.7. The van der Waals surface area contributed by atoms with Gasteiger partial charge in [-0.1, -0.05) is 23.7 Å². The maximum atomic E-state index is 14.4. The van der Waals surface area contributed by atoms with Crippen molar-refractivity contribution in [3.8, 4) is 17.2 Å². The Morgan fingerprint density at radius 3 is 2.54 bits per heavy atom. The van der Waals surface area contributed by atoms with E-state index < -0.39 is 29.1 Å². The van der Waals surface area contributed by atoms with Crippen molar-refractivity contribution in [2.24, 2.45) is 0 Å². The van der Waals surface area contributed by atoms with Gasteiger partial charge in [0.2, 0.25) is 5.89 Å². The quantitative estimate of drug-likeness (QED) is 0.310. The minimum absolute atomic E-state index is 0.0669. The predicted molar refractivity (Wildman–Crippen MR) is 120 cm³/mol. The Hall–Kier alpha value is -4.18. The molecule has 2 aromatic carbocycles. The number of phenolic OH excluding ortho intramolecular Hbond substituents is 1. The molecule has 0 atom stereocenters. The van der Waals surface area contributed by atoms with E-state index in [-0.39, 0.29) is 29.1 Å². The van der Waals surface area contributed by atoms with Crippen LogP contribution in [0.2, 0.25) is 5.02 Å². The molecule has 0 bridgehead atoms. The number of halogens is 4. The second kappa shape index (κ2) is 8.55. The highest BCUT2D eigenvalue weighted by atomic mass is 35.5. The van der Waals surface area contributed by atoms with Crippen LogP contribution in [0.15, 0.2) is 71.4 Å². The summed E-state index contributed by atoms with van der Waals surface area (Å²) in [5, 5.41) is 17.8. The SMILES string of the molecule is O=C(c1nnc(-c2cccnc2)o1)c1c(C(F)(F)F)n(Cc2ccc(Cl)cc2)c2ccc(O)cc12. The Bertz CT molecular complexity index is 1540. The van der Waals surface area contributed by atoms with Gasteiger partial charge in [-0.05, 0) is 48.0 Å². The molecular weight excluding hydrogens is 485 g/mol. The third kappa shape index (κ3) is 4.24. The van der Waals surface area contributed by atoms with Crippen LogP contribution >= 0.6 is 11.6 Å². The standard InChI is InChI=1S/C24H14ClF3N4O3/c25-15-5-3-13(4-6-15)12-32-18-8-7-16(33)10-17(18)19(21(32)24(26,27)28)20(34)23-31-30-22(35-23)14-2-1-9-29-11-14/h1-11,33H,12H2. The zero-order chi connectivity index (χ0) is 24.7. The van der Waals surface area contributed by atoms with E-state index in [4.69, 9.17) is 16.0 Å². The first kappa shape index (κ1) is 22.6. The number of ketones is 1. The van der Waals surface area contributed by atoms with Crippen LogP contribution in [0.5, 0.6) is 5.75 Å². The van der Waals surface area contributed by atoms with Crippen LogP contribution in [-0.4, -0.2) is 30.6 Å². The van der Waals surface area contributed by atoms with Gasteiger partial charge in [0, 0.05) is 34.9 Å². The summed E-state index contributed by atoms with van der Waals surface area (Å²) >= 11 is 5.90. The molecule has 5 aromatic rings. The highest BCUT2D eigenvalue weighted by Crippen LogP contribution is 2.41. The first-order valence-corrected chi connectivity index (χ1v) is 10.6. The molecule has 3 aromatic heterocycles. The number of phenols is 1. The monoisotopic (exact) mass is 498 g/mol. The lowest BCUT2D eigenvalue weighted by Crippen LogP contribution is -2.19. The van der Waals surface area contributed by atoms with E-state index >= 15 is 0 Å². The van der Waals surface area contributed by atoms with Crippen LogP contribution in [0.4, 0.5) is 13.2 Å². The summed E-state index contributed by atoms with van der Waals surface area (Å²) in [5.41, 5.74) is -0.864. The molecule has 0 fully saturated rings. The average Bonchev–Trinajstić information content (AvgIpc) is 3.44. The van der Waals surface area contributed by atoms with Gasteiger partial charge >= 0.3 is 6.18 Å². The van der Waals surface area contributed by atoms with Crippen molar-refractivity contribution in [3.63, 3.8) is 0 Å². The molecule has 0 unspecified atom stereocenters. The fourth-order valence-electron chi connectivity index (χ4n) is 3.83. The predicted octanol–water partition coefficient (Wildman–Crippen LogP) is 5.74. The van der Waals surface area contributed by atoms with E-state index in [1.54, 1.807) is 36.4 Å². The van der Waals surface area contributed by atoms with Crippen LogP contribution in [0, 0.1) is 0 Å². The van der Waals surface area contributed by atoms with Gasteiger partial charge in [0.15, 0.2) is 0 Å². The molecule has 11 heteroatoms. The Balaban J connectivity index is 1.70. The molecule has 0 amide bonds. The summed E-state index contributed by atoms with van der Waals surface area (Å²) in [4.78, 5) is 17.3. The Labute approximate surface area is 200 Å². The number of nitrogens with zero attached hydrogens (tertiary/aromatic N) is 4. The molecule has 0 aliphatic rings. The Kier molecular flexibility index (Phi) is 5.52. The number of hydrogen-bond acceptors (Lipinski definition) is 6.